The fourth-order valence-electron chi connectivity index (χ4n) is 1.98. The molecule has 0 aromatic carbocycles. The molecular weight excluding hydrogens is 314 g/mol. The van der Waals surface area contributed by atoms with Gasteiger partial charge in [0.2, 0.25) is 10.0 Å². The molecule has 7 nitrogen and oxygen atoms in total. The molecule has 0 fully saturated rings. The maximum atomic E-state index is 12.5. The average Bonchev–Trinajstić information content (AvgIpc) is 2.72. The molecular formula is C12H20ClN5O2S. The Morgan fingerprint density at radius 2 is 2.10 bits per heavy atom. The van der Waals surface area contributed by atoms with Crippen LogP contribution in [-0.4, -0.2) is 47.1 Å². The van der Waals surface area contributed by atoms with Crippen LogP contribution in [0, 0.1) is 6.92 Å². The first-order valence-corrected chi connectivity index (χ1v) is 7.70. The molecule has 2 aromatic heterocycles. The minimum Gasteiger partial charge on any atom is -0.329 e. The summed E-state index contributed by atoms with van der Waals surface area (Å²) in [5.41, 5.74) is 6.95. The molecule has 2 N–H and O–H groups in total. The van der Waals surface area contributed by atoms with Gasteiger partial charge in [-0.1, -0.05) is 0 Å². The third-order valence-corrected chi connectivity index (χ3v) is 5.41. The Balaban J connectivity index is 0.00000220. The van der Waals surface area contributed by atoms with E-state index in [0.717, 1.165) is 11.1 Å². The Kier molecular flexibility index (Phi) is 5.32. The minimum atomic E-state index is -3.60. The van der Waals surface area contributed by atoms with Crippen molar-refractivity contribution < 1.29 is 8.42 Å². The first-order valence-electron chi connectivity index (χ1n) is 6.26. The number of nitrogens with two attached hydrogens (primary N) is 1. The molecule has 0 aliphatic heterocycles. The number of hydrogen-bond donors (Lipinski definition) is 1. The first kappa shape index (κ1) is 17.8. The molecule has 21 heavy (non-hydrogen) atoms. The van der Waals surface area contributed by atoms with Crippen LogP contribution >= 0.6 is 12.4 Å². The fraction of sp³-hybridized carbons (Fsp3) is 0.500. The highest BCUT2D eigenvalue weighted by atomic mass is 35.5. The van der Waals surface area contributed by atoms with Crippen molar-refractivity contribution in [1.29, 1.82) is 0 Å². The maximum Gasteiger partial charge on any atom is 0.244 e. The third-order valence-electron chi connectivity index (χ3n) is 3.48. The zero-order valence-corrected chi connectivity index (χ0v) is 14.1. The van der Waals surface area contributed by atoms with Crippen molar-refractivity contribution in [3.63, 3.8) is 0 Å². The Bertz CT molecular complexity index is 743. The summed E-state index contributed by atoms with van der Waals surface area (Å²) in [5, 5.41) is 4.97. The average molecular weight is 334 g/mol. The van der Waals surface area contributed by atoms with Crippen molar-refractivity contribution in [2.24, 2.45) is 12.8 Å². The molecule has 1 unspecified atom stereocenters. The molecule has 0 spiro atoms. The second-order valence-electron chi connectivity index (χ2n) is 4.86. The molecule has 0 amide bonds. The predicted molar refractivity (Wildman–Crippen MR) is 84.0 cm³/mol. The zero-order chi connectivity index (χ0) is 15.1. The molecule has 0 aliphatic rings. The number of sulfonamides is 1. The number of aromatic nitrogens is 3. The molecule has 1 atom stereocenters. The highest BCUT2D eigenvalue weighted by Crippen LogP contribution is 2.22. The van der Waals surface area contributed by atoms with Gasteiger partial charge in [-0.05, 0) is 19.9 Å². The molecule has 0 aliphatic carbocycles. The van der Waals surface area contributed by atoms with Crippen molar-refractivity contribution in [3.8, 4) is 0 Å². The second kappa shape index (κ2) is 6.27. The van der Waals surface area contributed by atoms with Crippen LogP contribution in [0.3, 0.4) is 0 Å². The van der Waals surface area contributed by atoms with Gasteiger partial charge in [0.15, 0.2) is 5.65 Å². The van der Waals surface area contributed by atoms with Crippen molar-refractivity contribution in [1.82, 2.24) is 19.1 Å². The standard InChI is InChI=1S/C12H19N5O2S.ClH/c1-8(6-13)17(4)20(18,19)10-5-11-9(2)15-16(3)12(11)14-7-10;/h5,7-8H,6,13H2,1-4H3;1H. The van der Waals surface area contributed by atoms with Crippen molar-refractivity contribution in [2.45, 2.75) is 24.8 Å². The summed E-state index contributed by atoms with van der Waals surface area (Å²) in [6, 6.07) is 1.34. The fourth-order valence-corrected chi connectivity index (χ4v) is 3.33. The maximum absolute atomic E-state index is 12.5. The molecule has 0 radical (unpaired) electrons. The molecule has 118 valence electrons. The van der Waals surface area contributed by atoms with Gasteiger partial charge in [-0.25, -0.2) is 13.4 Å². The second-order valence-corrected chi connectivity index (χ2v) is 6.85. The predicted octanol–water partition coefficient (Wildman–Crippen LogP) is 0.666. The van der Waals surface area contributed by atoms with Crippen LogP contribution in [0.2, 0.25) is 0 Å². The summed E-state index contributed by atoms with van der Waals surface area (Å²) < 4.78 is 27.9. The van der Waals surface area contributed by atoms with Crippen LogP contribution in [0.25, 0.3) is 11.0 Å². The number of pyridine rings is 1. The molecule has 0 saturated heterocycles. The van der Waals surface area contributed by atoms with Gasteiger partial charge in [0, 0.05) is 38.3 Å². The largest absolute Gasteiger partial charge is 0.329 e. The lowest BCUT2D eigenvalue weighted by molar-refractivity contribution is 0.394. The third kappa shape index (κ3) is 3.03. The van der Waals surface area contributed by atoms with Gasteiger partial charge >= 0.3 is 0 Å². The highest BCUT2D eigenvalue weighted by molar-refractivity contribution is 7.89. The topological polar surface area (TPSA) is 94.1 Å². The molecule has 2 rings (SSSR count). The van der Waals surface area contributed by atoms with Crippen LogP contribution in [0.4, 0.5) is 0 Å². The van der Waals surface area contributed by atoms with E-state index in [4.69, 9.17) is 5.73 Å². The Hall–Kier alpha value is -1.22. The number of likely N-dealkylation sites (N-methyl/N-ethyl adjacent to an activating group) is 1. The van der Waals surface area contributed by atoms with E-state index in [9.17, 15) is 8.42 Å². The van der Waals surface area contributed by atoms with Gasteiger partial charge < -0.3 is 5.73 Å². The number of rotatable bonds is 4. The molecule has 0 bridgehead atoms. The number of halogens is 1. The van der Waals surface area contributed by atoms with Crippen LogP contribution < -0.4 is 5.73 Å². The highest BCUT2D eigenvalue weighted by Gasteiger charge is 2.25. The lowest BCUT2D eigenvalue weighted by Crippen LogP contribution is -2.39. The molecule has 2 aromatic rings. The quantitative estimate of drug-likeness (QED) is 0.887. The van der Waals surface area contributed by atoms with E-state index >= 15 is 0 Å². The number of nitrogens with zero attached hydrogens (tertiary/aromatic N) is 4. The molecule has 9 heteroatoms. The van der Waals surface area contributed by atoms with E-state index in [0.29, 0.717) is 5.65 Å². The number of fused-ring (bicyclic) bond motifs is 1. The lowest BCUT2D eigenvalue weighted by Gasteiger charge is -2.22. The summed E-state index contributed by atoms with van der Waals surface area (Å²) in [6.45, 7) is 3.85. The van der Waals surface area contributed by atoms with E-state index in [1.54, 1.807) is 24.7 Å². The normalized spacial score (nSPS) is 13.4. The minimum absolute atomic E-state index is 0. The van der Waals surface area contributed by atoms with Crippen molar-refractivity contribution in [3.05, 3.63) is 18.0 Å². The van der Waals surface area contributed by atoms with E-state index in [1.165, 1.54) is 17.5 Å². The summed E-state index contributed by atoms with van der Waals surface area (Å²) in [5.74, 6) is 0. The van der Waals surface area contributed by atoms with Crippen molar-refractivity contribution >= 4 is 33.5 Å². The van der Waals surface area contributed by atoms with Gasteiger partial charge in [-0.2, -0.15) is 9.40 Å². The zero-order valence-electron chi connectivity index (χ0n) is 12.4. The number of aryl methyl sites for hydroxylation is 2. The van der Waals surface area contributed by atoms with E-state index in [1.807, 2.05) is 6.92 Å². The summed E-state index contributed by atoms with van der Waals surface area (Å²) in [6.07, 6.45) is 1.36. The monoisotopic (exact) mass is 333 g/mol. The van der Waals surface area contributed by atoms with Gasteiger partial charge in [0.25, 0.3) is 0 Å². The smallest absolute Gasteiger partial charge is 0.244 e. The Morgan fingerprint density at radius 1 is 1.48 bits per heavy atom. The summed E-state index contributed by atoms with van der Waals surface area (Å²) >= 11 is 0. The van der Waals surface area contributed by atoms with Crippen LogP contribution in [0.5, 0.6) is 0 Å². The van der Waals surface area contributed by atoms with E-state index in [-0.39, 0.29) is 29.9 Å². The van der Waals surface area contributed by atoms with Crippen LogP contribution in [0.15, 0.2) is 17.2 Å². The van der Waals surface area contributed by atoms with Gasteiger partial charge in [0.05, 0.1) is 5.69 Å². The van der Waals surface area contributed by atoms with Crippen LogP contribution in [0.1, 0.15) is 12.6 Å². The Labute approximate surface area is 130 Å². The number of hydrogen-bond acceptors (Lipinski definition) is 5. The van der Waals surface area contributed by atoms with Gasteiger partial charge in [-0.3, -0.25) is 4.68 Å². The SMILES string of the molecule is Cc1nn(C)c2ncc(S(=O)(=O)N(C)C(C)CN)cc12.Cl. The van der Waals surface area contributed by atoms with Gasteiger partial charge in [0.1, 0.15) is 4.90 Å². The summed E-state index contributed by atoms with van der Waals surface area (Å²) in [7, 11) is -0.298. The van der Waals surface area contributed by atoms with Gasteiger partial charge in [-0.15, -0.1) is 12.4 Å². The molecule has 2 heterocycles. The Morgan fingerprint density at radius 3 is 2.67 bits per heavy atom. The van der Waals surface area contributed by atoms with E-state index in [2.05, 4.69) is 10.1 Å². The first-order chi connectivity index (χ1) is 9.28. The van der Waals surface area contributed by atoms with Crippen molar-refractivity contribution in [2.75, 3.05) is 13.6 Å². The summed E-state index contributed by atoms with van der Waals surface area (Å²) in [4.78, 5) is 4.36. The molecule has 0 saturated carbocycles. The van der Waals surface area contributed by atoms with Crippen LogP contribution in [-0.2, 0) is 17.1 Å². The lowest BCUT2D eigenvalue weighted by atomic mass is 10.3. The van der Waals surface area contributed by atoms with E-state index < -0.39 is 10.0 Å².